The monoisotopic (exact) mass is 399 g/mol. The topological polar surface area (TPSA) is 82.0 Å². The summed E-state index contributed by atoms with van der Waals surface area (Å²) in [5.41, 5.74) is 2.69. The molecule has 0 spiro atoms. The molecule has 2 aromatic rings. The van der Waals surface area contributed by atoms with E-state index in [1.807, 2.05) is 36.4 Å². The molecule has 0 heterocycles. The van der Waals surface area contributed by atoms with E-state index < -0.39 is 0 Å². The van der Waals surface area contributed by atoms with E-state index in [1.165, 1.54) is 0 Å². The minimum atomic E-state index is -0.337. The zero-order valence-electron chi connectivity index (χ0n) is 13.6. The fourth-order valence-electron chi connectivity index (χ4n) is 2.18. The molecule has 0 aromatic heterocycles. The van der Waals surface area contributed by atoms with Crippen LogP contribution in [-0.4, -0.2) is 11.8 Å². The summed E-state index contributed by atoms with van der Waals surface area (Å²) in [5.74, 6) is -0.342. The summed E-state index contributed by atoms with van der Waals surface area (Å²) in [6.07, 6.45) is 0.961. The first-order chi connectivity index (χ1) is 12.1. The number of benzene rings is 2. The molecule has 128 valence electrons. The molecule has 0 aliphatic heterocycles. The quantitative estimate of drug-likeness (QED) is 0.746. The molecular formula is C19H18BrN3O2. The predicted octanol–water partition coefficient (Wildman–Crippen LogP) is 3.55. The van der Waals surface area contributed by atoms with Crippen LogP contribution in [0.5, 0.6) is 0 Å². The molecule has 0 radical (unpaired) electrons. The van der Waals surface area contributed by atoms with Crippen molar-refractivity contribution in [2.45, 2.75) is 25.8 Å². The Morgan fingerprint density at radius 1 is 0.960 bits per heavy atom. The standard InChI is InChI=1S/C19H18BrN3O2/c20-16-6-1-14(2-7-16)5-10-18(24)22-13-15-3-8-17(9-4-15)23-19(25)11-12-21/h1-4,6-9H,5,10-11,13H2,(H,22,24)(H,23,25). The van der Waals surface area contributed by atoms with Gasteiger partial charge in [0, 0.05) is 23.1 Å². The van der Waals surface area contributed by atoms with Crippen LogP contribution in [0.15, 0.2) is 53.0 Å². The van der Waals surface area contributed by atoms with Crippen LogP contribution in [0.3, 0.4) is 0 Å². The molecule has 0 fully saturated rings. The highest BCUT2D eigenvalue weighted by Gasteiger charge is 2.04. The van der Waals surface area contributed by atoms with Gasteiger partial charge in [0.15, 0.2) is 0 Å². The smallest absolute Gasteiger partial charge is 0.238 e. The molecule has 2 N–H and O–H groups in total. The highest BCUT2D eigenvalue weighted by molar-refractivity contribution is 9.10. The zero-order chi connectivity index (χ0) is 18.1. The van der Waals surface area contributed by atoms with E-state index in [4.69, 9.17) is 5.26 Å². The maximum Gasteiger partial charge on any atom is 0.238 e. The lowest BCUT2D eigenvalue weighted by Crippen LogP contribution is -2.23. The zero-order valence-corrected chi connectivity index (χ0v) is 15.2. The van der Waals surface area contributed by atoms with Gasteiger partial charge in [-0.1, -0.05) is 40.2 Å². The van der Waals surface area contributed by atoms with Gasteiger partial charge in [0.05, 0.1) is 6.07 Å². The van der Waals surface area contributed by atoms with E-state index in [1.54, 1.807) is 18.2 Å². The number of anilines is 1. The van der Waals surface area contributed by atoms with Crippen LogP contribution in [0.4, 0.5) is 5.69 Å². The molecule has 0 bridgehead atoms. The molecule has 0 unspecified atom stereocenters. The number of carbonyl (C=O) groups excluding carboxylic acids is 2. The number of nitrogens with one attached hydrogen (secondary N) is 2. The highest BCUT2D eigenvalue weighted by Crippen LogP contribution is 2.12. The Kier molecular flexibility index (Phi) is 7.17. The van der Waals surface area contributed by atoms with Crippen molar-refractivity contribution in [3.05, 3.63) is 64.1 Å². The summed E-state index contributed by atoms with van der Waals surface area (Å²) in [7, 11) is 0. The maximum absolute atomic E-state index is 11.9. The summed E-state index contributed by atoms with van der Waals surface area (Å²) in [6.45, 7) is 0.436. The van der Waals surface area contributed by atoms with Crippen LogP contribution in [0.25, 0.3) is 0 Å². The summed E-state index contributed by atoms with van der Waals surface area (Å²) in [6, 6.07) is 16.9. The van der Waals surface area contributed by atoms with Crippen LogP contribution in [-0.2, 0) is 22.6 Å². The van der Waals surface area contributed by atoms with Crippen molar-refractivity contribution in [2.75, 3.05) is 5.32 Å². The van der Waals surface area contributed by atoms with Crippen molar-refractivity contribution in [3.8, 4) is 6.07 Å². The molecule has 0 aliphatic carbocycles. The predicted molar refractivity (Wildman–Crippen MR) is 99.6 cm³/mol. The molecule has 0 saturated heterocycles. The van der Waals surface area contributed by atoms with E-state index in [-0.39, 0.29) is 18.2 Å². The van der Waals surface area contributed by atoms with Gasteiger partial charge in [-0.05, 0) is 41.8 Å². The van der Waals surface area contributed by atoms with Crippen LogP contribution < -0.4 is 10.6 Å². The van der Waals surface area contributed by atoms with Gasteiger partial charge in [0.25, 0.3) is 0 Å². The molecule has 0 aliphatic rings. The van der Waals surface area contributed by atoms with Crippen molar-refractivity contribution in [1.29, 1.82) is 5.26 Å². The summed E-state index contributed by atoms with van der Waals surface area (Å²) in [4.78, 5) is 23.3. The SMILES string of the molecule is N#CCC(=O)Nc1ccc(CNC(=O)CCc2ccc(Br)cc2)cc1. The highest BCUT2D eigenvalue weighted by atomic mass is 79.9. The minimum Gasteiger partial charge on any atom is -0.352 e. The van der Waals surface area contributed by atoms with Crippen LogP contribution in [0.2, 0.25) is 0 Å². The van der Waals surface area contributed by atoms with E-state index in [0.717, 1.165) is 15.6 Å². The van der Waals surface area contributed by atoms with Gasteiger partial charge in [-0.3, -0.25) is 9.59 Å². The van der Waals surface area contributed by atoms with Crippen molar-refractivity contribution in [3.63, 3.8) is 0 Å². The Labute approximate surface area is 155 Å². The van der Waals surface area contributed by atoms with Gasteiger partial charge >= 0.3 is 0 Å². The Balaban J connectivity index is 1.75. The van der Waals surface area contributed by atoms with E-state index in [0.29, 0.717) is 25.1 Å². The number of carbonyl (C=O) groups is 2. The number of aryl methyl sites for hydroxylation is 1. The average Bonchev–Trinajstić information content (AvgIpc) is 2.61. The van der Waals surface area contributed by atoms with Crippen LogP contribution in [0.1, 0.15) is 24.0 Å². The number of hydrogen-bond acceptors (Lipinski definition) is 3. The normalized spacial score (nSPS) is 9.92. The van der Waals surface area contributed by atoms with Gasteiger partial charge in [-0.15, -0.1) is 0 Å². The number of nitrogens with zero attached hydrogens (tertiary/aromatic N) is 1. The second-order valence-electron chi connectivity index (χ2n) is 5.48. The second kappa shape index (κ2) is 9.60. The summed E-state index contributed by atoms with van der Waals surface area (Å²) >= 11 is 3.39. The maximum atomic E-state index is 11.9. The van der Waals surface area contributed by atoms with Crippen molar-refractivity contribution in [2.24, 2.45) is 0 Å². The molecule has 2 rings (SSSR count). The van der Waals surface area contributed by atoms with Crippen molar-refractivity contribution >= 4 is 33.4 Å². The molecule has 5 nitrogen and oxygen atoms in total. The Morgan fingerprint density at radius 2 is 1.60 bits per heavy atom. The lowest BCUT2D eigenvalue weighted by atomic mass is 10.1. The Morgan fingerprint density at radius 3 is 2.24 bits per heavy atom. The van der Waals surface area contributed by atoms with Gasteiger partial charge in [0.2, 0.25) is 11.8 Å². The number of nitriles is 1. The van der Waals surface area contributed by atoms with Crippen LogP contribution >= 0.6 is 15.9 Å². The first-order valence-electron chi connectivity index (χ1n) is 7.83. The molecule has 0 saturated carbocycles. The molecule has 25 heavy (non-hydrogen) atoms. The van der Waals surface area contributed by atoms with Crippen molar-refractivity contribution in [1.82, 2.24) is 5.32 Å². The molecule has 2 aromatic carbocycles. The van der Waals surface area contributed by atoms with Crippen LogP contribution in [0, 0.1) is 11.3 Å². The Bertz CT molecular complexity index is 765. The third-order valence-corrected chi connectivity index (χ3v) is 4.05. The number of hydrogen-bond donors (Lipinski definition) is 2. The van der Waals surface area contributed by atoms with Gasteiger partial charge in [-0.2, -0.15) is 5.26 Å². The second-order valence-corrected chi connectivity index (χ2v) is 6.40. The van der Waals surface area contributed by atoms with E-state index >= 15 is 0 Å². The molecule has 6 heteroatoms. The van der Waals surface area contributed by atoms with Gasteiger partial charge in [0.1, 0.15) is 6.42 Å². The van der Waals surface area contributed by atoms with Gasteiger partial charge < -0.3 is 10.6 Å². The molecular weight excluding hydrogens is 382 g/mol. The van der Waals surface area contributed by atoms with Gasteiger partial charge in [-0.25, -0.2) is 0 Å². The average molecular weight is 400 g/mol. The minimum absolute atomic E-state index is 0.00526. The fourth-order valence-corrected chi connectivity index (χ4v) is 2.45. The largest absolute Gasteiger partial charge is 0.352 e. The number of rotatable bonds is 7. The number of amides is 2. The lowest BCUT2D eigenvalue weighted by molar-refractivity contribution is -0.121. The molecule has 0 atom stereocenters. The first kappa shape index (κ1) is 18.7. The number of halogens is 1. The third-order valence-electron chi connectivity index (χ3n) is 3.52. The fraction of sp³-hybridized carbons (Fsp3) is 0.211. The third kappa shape index (κ3) is 6.77. The van der Waals surface area contributed by atoms with E-state index in [9.17, 15) is 9.59 Å². The van der Waals surface area contributed by atoms with E-state index in [2.05, 4.69) is 26.6 Å². The summed E-state index contributed by atoms with van der Waals surface area (Å²) < 4.78 is 1.02. The lowest BCUT2D eigenvalue weighted by Gasteiger charge is -2.07. The first-order valence-corrected chi connectivity index (χ1v) is 8.63. The molecule has 2 amide bonds. The Hall–Kier alpha value is -2.65. The van der Waals surface area contributed by atoms with Crippen molar-refractivity contribution < 1.29 is 9.59 Å². The summed E-state index contributed by atoms with van der Waals surface area (Å²) in [5, 5.41) is 14.0.